The molecule has 1 aromatic rings. The Morgan fingerprint density at radius 1 is 1.32 bits per heavy atom. The monoisotopic (exact) mass is 267 g/mol. The van der Waals surface area contributed by atoms with E-state index in [-0.39, 0.29) is 5.92 Å². The molecular weight excluding hydrogens is 251 g/mol. The first kappa shape index (κ1) is 15.2. The number of benzene rings is 1. The van der Waals surface area contributed by atoms with Crippen LogP contribution in [-0.4, -0.2) is 5.71 Å². The van der Waals surface area contributed by atoms with Crippen molar-refractivity contribution in [2.75, 3.05) is 0 Å². The van der Waals surface area contributed by atoms with Crippen molar-refractivity contribution in [3.05, 3.63) is 54.6 Å². The van der Waals surface area contributed by atoms with Crippen molar-refractivity contribution in [1.82, 2.24) is 0 Å². The van der Waals surface area contributed by atoms with Gasteiger partial charge in [-0.2, -0.15) is 13.2 Å². The predicted molar refractivity (Wildman–Crippen MR) is 72.7 cm³/mol. The van der Waals surface area contributed by atoms with Crippen LogP contribution in [0, 0.1) is 5.92 Å². The molecule has 102 valence electrons. The lowest BCUT2D eigenvalue weighted by atomic mass is 10.1. The molecule has 0 heterocycles. The van der Waals surface area contributed by atoms with Gasteiger partial charge in [0.1, 0.15) is 0 Å². The number of hydrogen-bond acceptors (Lipinski definition) is 1. The van der Waals surface area contributed by atoms with E-state index in [4.69, 9.17) is 0 Å². The second-order valence-corrected chi connectivity index (χ2v) is 4.33. The molecule has 0 saturated heterocycles. The standard InChI is InChI=1S/C15H16F3N/c1-4-5-9-14(11(2)3)19-13-8-6-7-12(10-13)15(16,17)18/h4-11H,1H2,2-3H3/b9-5-,19-14?. The highest BCUT2D eigenvalue weighted by Gasteiger charge is 2.30. The Bertz CT molecular complexity index is 496. The lowest BCUT2D eigenvalue weighted by Gasteiger charge is -2.08. The van der Waals surface area contributed by atoms with E-state index in [1.807, 2.05) is 13.8 Å². The summed E-state index contributed by atoms with van der Waals surface area (Å²) >= 11 is 0. The summed E-state index contributed by atoms with van der Waals surface area (Å²) in [4.78, 5) is 4.25. The Morgan fingerprint density at radius 2 is 2.00 bits per heavy atom. The molecule has 0 N–H and O–H groups in total. The molecule has 19 heavy (non-hydrogen) atoms. The first-order valence-corrected chi connectivity index (χ1v) is 5.89. The summed E-state index contributed by atoms with van der Waals surface area (Å²) in [5.41, 5.74) is 0.316. The Morgan fingerprint density at radius 3 is 2.53 bits per heavy atom. The topological polar surface area (TPSA) is 12.4 Å². The Balaban J connectivity index is 3.14. The van der Waals surface area contributed by atoms with Crippen LogP contribution in [0.2, 0.25) is 0 Å². The average molecular weight is 267 g/mol. The molecule has 0 amide bonds. The molecule has 0 fully saturated rings. The summed E-state index contributed by atoms with van der Waals surface area (Å²) in [5, 5.41) is 0. The van der Waals surface area contributed by atoms with Crippen molar-refractivity contribution >= 4 is 11.4 Å². The third-order valence-electron chi connectivity index (χ3n) is 2.43. The lowest BCUT2D eigenvalue weighted by molar-refractivity contribution is -0.137. The van der Waals surface area contributed by atoms with Gasteiger partial charge >= 0.3 is 6.18 Å². The van der Waals surface area contributed by atoms with Crippen LogP contribution in [0.25, 0.3) is 0 Å². The van der Waals surface area contributed by atoms with Gasteiger partial charge in [0, 0.05) is 5.71 Å². The number of allylic oxidation sites excluding steroid dienone is 3. The zero-order valence-corrected chi connectivity index (χ0v) is 10.9. The number of rotatable bonds is 4. The van der Waals surface area contributed by atoms with Crippen molar-refractivity contribution in [1.29, 1.82) is 0 Å². The van der Waals surface area contributed by atoms with E-state index in [2.05, 4.69) is 11.6 Å². The average Bonchev–Trinajstić information content (AvgIpc) is 2.33. The summed E-state index contributed by atoms with van der Waals surface area (Å²) in [5.74, 6) is 0.116. The third kappa shape index (κ3) is 4.73. The first-order chi connectivity index (χ1) is 8.84. The molecule has 0 atom stereocenters. The highest BCUT2D eigenvalue weighted by atomic mass is 19.4. The van der Waals surface area contributed by atoms with E-state index in [0.717, 1.165) is 12.1 Å². The Hall–Kier alpha value is -1.84. The molecular formula is C15H16F3N. The molecule has 0 unspecified atom stereocenters. The maximum Gasteiger partial charge on any atom is 0.416 e. The van der Waals surface area contributed by atoms with Crippen LogP contribution in [0.1, 0.15) is 19.4 Å². The van der Waals surface area contributed by atoms with Crippen molar-refractivity contribution in [3.63, 3.8) is 0 Å². The summed E-state index contributed by atoms with van der Waals surface area (Å²) in [6, 6.07) is 4.99. The van der Waals surface area contributed by atoms with Crippen molar-refractivity contribution in [2.45, 2.75) is 20.0 Å². The summed E-state index contributed by atoms with van der Waals surface area (Å²) < 4.78 is 37.8. The number of alkyl halides is 3. The molecule has 0 spiro atoms. The van der Waals surface area contributed by atoms with Crippen molar-refractivity contribution in [2.24, 2.45) is 10.9 Å². The van der Waals surface area contributed by atoms with Crippen molar-refractivity contribution < 1.29 is 13.2 Å². The van der Waals surface area contributed by atoms with Gasteiger partial charge in [0.05, 0.1) is 11.3 Å². The molecule has 0 aliphatic rings. The van der Waals surface area contributed by atoms with Gasteiger partial charge in [-0.3, -0.25) is 4.99 Å². The number of hydrogen-bond donors (Lipinski definition) is 0. The fourth-order valence-corrected chi connectivity index (χ4v) is 1.43. The molecule has 0 aliphatic carbocycles. The van der Waals surface area contributed by atoms with E-state index in [1.165, 1.54) is 6.07 Å². The molecule has 0 bridgehead atoms. The third-order valence-corrected chi connectivity index (χ3v) is 2.43. The van der Waals surface area contributed by atoms with Crippen molar-refractivity contribution in [3.8, 4) is 0 Å². The van der Waals surface area contributed by atoms with Gasteiger partial charge in [-0.15, -0.1) is 0 Å². The van der Waals surface area contributed by atoms with Gasteiger partial charge in [-0.05, 0) is 30.2 Å². The maximum absolute atomic E-state index is 12.6. The minimum atomic E-state index is -4.35. The van der Waals surface area contributed by atoms with E-state index in [0.29, 0.717) is 11.4 Å². The van der Waals surface area contributed by atoms with E-state index >= 15 is 0 Å². The fourth-order valence-electron chi connectivity index (χ4n) is 1.43. The highest BCUT2D eigenvalue weighted by Crippen LogP contribution is 2.31. The van der Waals surface area contributed by atoms with Crippen LogP contribution in [0.4, 0.5) is 18.9 Å². The second kappa shape index (κ2) is 6.36. The molecule has 4 heteroatoms. The SMILES string of the molecule is C=C/C=C\C(=Nc1cccc(C(F)(F)F)c1)C(C)C. The van der Waals surface area contributed by atoms with Crippen LogP contribution in [0.3, 0.4) is 0 Å². The summed E-state index contributed by atoms with van der Waals surface area (Å²) in [7, 11) is 0. The highest BCUT2D eigenvalue weighted by molar-refractivity contribution is 5.98. The van der Waals surface area contributed by atoms with Crippen LogP contribution in [0.15, 0.2) is 54.1 Å². The Labute approximate surface area is 111 Å². The quantitative estimate of drug-likeness (QED) is 0.526. The second-order valence-electron chi connectivity index (χ2n) is 4.33. The lowest BCUT2D eigenvalue weighted by Crippen LogP contribution is -2.05. The van der Waals surface area contributed by atoms with Gasteiger partial charge in [-0.1, -0.05) is 38.6 Å². The first-order valence-electron chi connectivity index (χ1n) is 5.89. The fraction of sp³-hybridized carbons (Fsp3) is 0.267. The minimum absolute atomic E-state index is 0.116. The van der Waals surface area contributed by atoms with Crippen LogP contribution in [-0.2, 0) is 6.18 Å². The van der Waals surface area contributed by atoms with E-state index < -0.39 is 11.7 Å². The molecule has 0 aromatic heterocycles. The molecule has 0 saturated carbocycles. The van der Waals surface area contributed by atoms with Gasteiger partial charge in [0.25, 0.3) is 0 Å². The smallest absolute Gasteiger partial charge is 0.253 e. The normalized spacial score (nSPS) is 13.3. The van der Waals surface area contributed by atoms with Gasteiger partial charge in [0.15, 0.2) is 0 Å². The number of aliphatic imine (C=N–C) groups is 1. The van der Waals surface area contributed by atoms with Gasteiger partial charge < -0.3 is 0 Å². The van der Waals surface area contributed by atoms with Crippen LogP contribution < -0.4 is 0 Å². The van der Waals surface area contributed by atoms with E-state index in [9.17, 15) is 13.2 Å². The Kier molecular flexibility index (Phi) is 5.10. The predicted octanol–water partition coefficient (Wildman–Crippen LogP) is 5.18. The summed E-state index contributed by atoms with van der Waals surface area (Å²) in [6.07, 6.45) is 0.717. The van der Waals surface area contributed by atoms with Crippen LogP contribution >= 0.6 is 0 Å². The molecule has 0 radical (unpaired) electrons. The summed E-state index contributed by atoms with van der Waals surface area (Å²) in [6.45, 7) is 7.42. The minimum Gasteiger partial charge on any atom is -0.253 e. The number of halogens is 3. The van der Waals surface area contributed by atoms with Gasteiger partial charge in [0.2, 0.25) is 0 Å². The zero-order valence-electron chi connectivity index (χ0n) is 10.9. The van der Waals surface area contributed by atoms with Gasteiger partial charge in [-0.25, -0.2) is 0 Å². The molecule has 1 aromatic carbocycles. The maximum atomic E-state index is 12.6. The van der Waals surface area contributed by atoms with Crippen LogP contribution in [0.5, 0.6) is 0 Å². The zero-order chi connectivity index (χ0) is 14.5. The molecule has 1 nitrogen and oxygen atoms in total. The van der Waals surface area contributed by atoms with E-state index in [1.54, 1.807) is 24.3 Å². The molecule has 1 rings (SSSR count). The number of nitrogens with zero attached hydrogens (tertiary/aromatic N) is 1. The molecule has 0 aliphatic heterocycles. The largest absolute Gasteiger partial charge is 0.416 e.